The lowest BCUT2D eigenvalue weighted by molar-refractivity contribution is -0.138. The molecule has 0 N–H and O–H groups in total. The summed E-state index contributed by atoms with van der Waals surface area (Å²) in [5.74, 6) is 0.699. The molecule has 0 radical (unpaired) electrons. The second kappa shape index (κ2) is 3.88. The predicted octanol–water partition coefficient (Wildman–Crippen LogP) is 1.20. The smallest absolute Gasteiger partial charge is 0.338 e. The van der Waals surface area contributed by atoms with E-state index in [9.17, 15) is 4.79 Å². The highest BCUT2D eigenvalue weighted by molar-refractivity contribution is 8.06. The maximum Gasteiger partial charge on any atom is 0.338 e. The van der Waals surface area contributed by atoms with Gasteiger partial charge in [0, 0.05) is 16.4 Å². The van der Waals surface area contributed by atoms with E-state index in [1.807, 2.05) is 0 Å². The number of carbonyl (C=O) groups is 1. The Morgan fingerprint density at radius 2 is 2.55 bits per heavy atom. The Labute approximate surface area is 75.0 Å². The van der Waals surface area contributed by atoms with Gasteiger partial charge in [0.25, 0.3) is 0 Å². The lowest BCUT2D eigenvalue weighted by atomic mass is 10.4. The van der Waals surface area contributed by atoms with Gasteiger partial charge in [0.1, 0.15) is 6.61 Å². The largest absolute Gasteiger partial charge is 0.461 e. The molecule has 0 aromatic rings. The number of carbonyl (C=O) groups excluding carboxylic acids is 1. The van der Waals surface area contributed by atoms with Crippen molar-refractivity contribution in [3.05, 3.63) is 12.2 Å². The van der Waals surface area contributed by atoms with Crippen LogP contribution >= 0.6 is 24.0 Å². The van der Waals surface area contributed by atoms with E-state index in [0.29, 0.717) is 11.9 Å². The van der Waals surface area contributed by atoms with Gasteiger partial charge in [-0.2, -0.15) is 11.8 Å². The van der Waals surface area contributed by atoms with E-state index < -0.39 is 5.97 Å². The molecular weight excluding hydrogens is 180 g/mol. The van der Waals surface area contributed by atoms with Crippen LogP contribution in [0, 0.1) is 0 Å². The number of esters is 1. The molecule has 0 bridgehead atoms. The van der Waals surface area contributed by atoms with Gasteiger partial charge < -0.3 is 4.74 Å². The zero-order valence-electron chi connectivity index (χ0n) is 5.91. The van der Waals surface area contributed by atoms with E-state index in [4.69, 9.17) is 4.74 Å². The minimum Gasteiger partial charge on any atom is -0.461 e. The first kappa shape index (κ1) is 8.74. The van der Waals surface area contributed by atoms with Crippen molar-refractivity contribution in [3.8, 4) is 0 Å². The zero-order chi connectivity index (χ0) is 8.27. The van der Waals surface area contributed by atoms with Crippen LogP contribution in [0.3, 0.4) is 0 Å². The van der Waals surface area contributed by atoms with Gasteiger partial charge in [-0.05, 0) is 0 Å². The summed E-state index contributed by atoms with van der Waals surface area (Å²) in [7, 11) is 0. The number of ether oxygens (including phenoxy) is 1. The van der Waals surface area contributed by atoms with Crippen LogP contribution in [-0.4, -0.2) is 28.9 Å². The third-order valence-corrected chi connectivity index (χ3v) is 2.43. The third kappa shape index (κ3) is 3.03. The summed E-state index contributed by atoms with van der Waals surface area (Å²) in [4.78, 5) is 10.9. The molecule has 1 heterocycles. The summed E-state index contributed by atoms with van der Waals surface area (Å²) in [5.41, 5.74) is 0.255. The molecule has 1 saturated heterocycles. The van der Waals surface area contributed by atoms with Crippen LogP contribution in [-0.2, 0) is 9.53 Å². The van der Waals surface area contributed by atoms with Crippen molar-refractivity contribution in [3.63, 3.8) is 0 Å². The molecule has 1 aliphatic heterocycles. The number of hydrogen-bond donors (Lipinski definition) is 0. The van der Waals surface area contributed by atoms with E-state index in [-0.39, 0.29) is 5.57 Å². The fourth-order valence-corrected chi connectivity index (χ4v) is 0.967. The van der Waals surface area contributed by atoms with Crippen molar-refractivity contribution in [2.75, 3.05) is 12.4 Å². The van der Waals surface area contributed by atoms with Crippen LogP contribution in [0.4, 0.5) is 0 Å². The van der Waals surface area contributed by atoms with Gasteiger partial charge in [-0.25, -0.2) is 4.79 Å². The molecule has 1 unspecified atom stereocenters. The van der Waals surface area contributed by atoms with Crippen molar-refractivity contribution in [1.82, 2.24) is 0 Å². The number of thioether (sulfide) groups is 1. The van der Waals surface area contributed by atoms with Crippen LogP contribution in [0.5, 0.6) is 0 Å². The lowest BCUT2D eigenvalue weighted by Crippen LogP contribution is -2.11. The van der Waals surface area contributed by atoms with Crippen molar-refractivity contribution >= 4 is 35.3 Å². The molecule has 0 aromatic heterocycles. The molecule has 0 spiro atoms. The first-order valence-electron chi connectivity index (χ1n) is 3.17. The van der Waals surface area contributed by atoms with Gasteiger partial charge >= 0.3 is 5.97 Å². The van der Waals surface area contributed by atoms with Crippen LogP contribution in [0.25, 0.3) is 0 Å². The SMILES string of the molecule is C=C(C=S)C(=O)OCC1CS1. The van der Waals surface area contributed by atoms with Gasteiger partial charge in [-0.15, -0.1) is 0 Å². The van der Waals surface area contributed by atoms with Crippen LogP contribution < -0.4 is 0 Å². The second-order valence-corrected chi connectivity index (χ2v) is 3.77. The van der Waals surface area contributed by atoms with E-state index in [1.165, 1.54) is 5.37 Å². The van der Waals surface area contributed by atoms with Gasteiger partial charge in [0.05, 0.1) is 5.57 Å². The average Bonchev–Trinajstić information content (AvgIpc) is 2.81. The molecule has 11 heavy (non-hydrogen) atoms. The number of hydrogen-bond acceptors (Lipinski definition) is 4. The maximum atomic E-state index is 10.9. The first-order chi connectivity index (χ1) is 5.24. The fourth-order valence-electron chi connectivity index (χ4n) is 0.474. The molecule has 0 amide bonds. The Hall–Kier alpha value is -0.350. The molecule has 0 aliphatic carbocycles. The molecule has 1 aliphatic rings. The first-order valence-corrected chi connectivity index (χ1v) is 4.69. The summed E-state index contributed by atoms with van der Waals surface area (Å²) in [6.07, 6.45) is 0. The van der Waals surface area contributed by atoms with Crippen molar-refractivity contribution < 1.29 is 9.53 Å². The van der Waals surface area contributed by atoms with Crippen LogP contribution in [0.15, 0.2) is 12.2 Å². The predicted molar refractivity (Wildman–Crippen MR) is 50.0 cm³/mol. The van der Waals surface area contributed by atoms with Gasteiger partial charge in [0.2, 0.25) is 0 Å². The summed E-state index contributed by atoms with van der Waals surface area (Å²) >= 11 is 6.30. The Bertz CT molecular complexity index is 197. The minimum atomic E-state index is -0.396. The van der Waals surface area contributed by atoms with Gasteiger partial charge in [-0.1, -0.05) is 18.8 Å². The fraction of sp³-hybridized carbons (Fsp3) is 0.429. The quantitative estimate of drug-likeness (QED) is 0.287. The second-order valence-electron chi connectivity index (χ2n) is 2.20. The molecule has 2 nitrogen and oxygen atoms in total. The van der Waals surface area contributed by atoms with Crippen molar-refractivity contribution in [1.29, 1.82) is 0 Å². The van der Waals surface area contributed by atoms with Gasteiger partial charge in [0.15, 0.2) is 0 Å². The number of thiocarbonyl (C=S) groups is 1. The van der Waals surface area contributed by atoms with Crippen molar-refractivity contribution in [2.24, 2.45) is 0 Å². The van der Waals surface area contributed by atoms with Crippen molar-refractivity contribution in [2.45, 2.75) is 5.25 Å². The van der Waals surface area contributed by atoms with Gasteiger partial charge in [-0.3, -0.25) is 0 Å². The Kier molecular flexibility index (Phi) is 3.08. The van der Waals surface area contributed by atoms with Crippen LogP contribution in [0.1, 0.15) is 0 Å². The standard InChI is InChI=1S/C7H8O2S2/c1-5(3-10)7(8)9-2-6-4-11-6/h3,6H,1-2,4H2. The Morgan fingerprint density at radius 3 is 3.00 bits per heavy atom. The summed E-state index contributed by atoms with van der Waals surface area (Å²) in [6, 6.07) is 0. The highest BCUT2D eigenvalue weighted by Gasteiger charge is 2.24. The monoisotopic (exact) mass is 188 g/mol. The Morgan fingerprint density at radius 1 is 1.91 bits per heavy atom. The lowest BCUT2D eigenvalue weighted by Gasteiger charge is -2.00. The highest BCUT2D eigenvalue weighted by Crippen LogP contribution is 2.29. The van der Waals surface area contributed by atoms with E-state index >= 15 is 0 Å². The zero-order valence-corrected chi connectivity index (χ0v) is 7.54. The molecular formula is C7H8O2S2. The molecule has 0 saturated carbocycles. The molecule has 1 rings (SSSR count). The maximum absolute atomic E-state index is 10.9. The Balaban J connectivity index is 2.18. The van der Waals surface area contributed by atoms with E-state index in [2.05, 4.69) is 18.8 Å². The molecule has 1 atom stereocenters. The summed E-state index contributed by atoms with van der Waals surface area (Å²) in [6.45, 7) is 3.92. The minimum absolute atomic E-state index is 0.255. The summed E-state index contributed by atoms with van der Waals surface area (Å²) < 4.78 is 4.86. The average molecular weight is 188 g/mol. The molecule has 4 heteroatoms. The van der Waals surface area contributed by atoms with E-state index in [1.54, 1.807) is 11.8 Å². The molecule has 1 fully saturated rings. The third-order valence-electron chi connectivity index (χ3n) is 1.21. The van der Waals surface area contributed by atoms with E-state index in [0.717, 1.165) is 5.75 Å². The highest BCUT2D eigenvalue weighted by atomic mass is 32.2. The molecule has 60 valence electrons. The normalized spacial score (nSPS) is 20.5. The molecule has 0 aromatic carbocycles. The van der Waals surface area contributed by atoms with Crippen LogP contribution in [0.2, 0.25) is 0 Å². The summed E-state index contributed by atoms with van der Waals surface area (Å²) in [5, 5.41) is 1.75. The topological polar surface area (TPSA) is 26.3 Å². The number of rotatable bonds is 4.